The van der Waals surface area contributed by atoms with Crippen molar-refractivity contribution >= 4 is 5.91 Å². The first-order valence-corrected chi connectivity index (χ1v) is 7.48. The van der Waals surface area contributed by atoms with E-state index in [9.17, 15) is 4.79 Å². The Morgan fingerprint density at radius 1 is 1.29 bits per heavy atom. The largest absolute Gasteiger partial charge is 0.333 e. The average molecular weight is 284 g/mol. The molecule has 5 heteroatoms. The lowest BCUT2D eigenvalue weighted by atomic mass is 10.1. The summed E-state index contributed by atoms with van der Waals surface area (Å²) in [4.78, 5) is 18.2. The highest BCUT2D eigenvalue weighted by atomic mass is 16.2. The Bertz CT molecular complexity index is 608. The molecule has 0 saturated carbocycles. The molecular formula is C16H20N4O. The van der Waals surface area contributed by atoms with Gasteiger partial charge in [-0.1, -0.05) is 30.3 Å². The number of carbonyl (C=O) groups excluding carboxylic acids is 1. The minimum Gasteiger partial charge on any atom is -0.333 e. The van der Waals surface area contributed by atoms with Crippen molar-refractivity contribution in [3.05, 3.63) is 47.5 Å². The van der Waals surface area contributed by atoms with Crippen molar-refractivity contribution in [1.29, 1.82) is 0 Å². The molecule has 21 heavy (non-hydrogen) atoms. The van der Waals surface area contributed by atoms with Crippen molar-refractivity contribution in [3.63, 3.8) is 0 Å². The highest BCUT2D eigenvalue weighted by Gasteiger charge is 2.28. The Morgan fingerprint density at radius 3 is 2.81 bits per heavy atom. The van der Waals surface area contributed by atoms with Crippen molar-refractivity contribution in [3.8, 4) is 0 Å². The van der Waals surface area contributed by atoms with Crippen LogP contribution in [-0.2, 0) is 17.6 Å². The van der Waals surface area contributed by atoms with E-state index in [1.165, 1.54) is 5.56 Å². The van der Waals surface area contributed by atoms with Crippen molar-refractivity contribution in [2.45, 2.75) is 38.6 Å². The molecule has 0 bridgehead atoms. The lowest BCUT2D eigenvalue weighted by Gasteiger charge is -2.21. The van der Waals surface area contributed by atoms with E-state index >= 15 is 0 Å². The summed E-state index contributed by atoms with van der Waals surface area (Å²) in [5, 5.41) is 7.27. The molecule has 110 valence electrons. The van der Waals surface area contributed by atoms with Gasteiger partial charge in [0.15, 0.2) is 5.82 Å². The maximum absolute atomic E-state index is 11.8. The van der Waals surface area contributed by atoms with Crippen LogP contribution in [0.15, 0.2) is 30.3 Å². The second kappa shape index (κ2) is 6.08. The zero-order valence-corrected chi connectivity index (χ0v) is 12.2. The number of rotatable bonds is 5. The number of H-pyrrole nitrogens is 1. The number of aromatic amines is 1. The molecule has 0 spiro atoms. The standard InChI is InChI=1S/C16H20N4O/c1-12(20-11-5-8-15(20)21)16-17-14(18-19-16)10-9-13-6-3-2-4-7-13/h2-4,6-7,12H,5,8-11H2,1H3,(H,17,18,19)/t12-/m0/s1. The number of amides is 1. The van der Waals surface area contributed by atoms with Crippen LogP contribution in [0.3, 0.4) is 0 Å². The van der Waals surface area contributed by atoms with Crippen LogP contribution in [0.25, 0.3) is 0 Å². The Morgan fingerprint density at radius 2 is 2.10 bits per heavy atom. The lowest BCUT2D eigenvalue weighted by molar-refractivity contribution is -0.129. The van der Waals surface area contributed by atoms with Crippen LogP contribution in [0.5, 0.6) is 0 Å². The first-order chi connectivity index (χ1) is 10.2. The number of aryl methyl sites for hydroxylation is 2. The van der Waals surface area contributed by atoms with Crippen molar-refractivity contribution < 1.29 is 4.79 Å². The number of aromatic nitrogens is 3. The SMILES string of the molecule is C[C@@H](c1n[nH]c(CCc2ccccc2)n1)N1CCCC1=O. The zero-order valence-electron chi connectivity index (χ0n) is 12.2. The van der Waals surface area contributed by atoms with Crippen LogP contribution in [0.2, 0.25) is 0 Å². The summed E-state index contributed by atoms with van der Waals surface area (Å²) >= 11 is 0. The van der Waals surface area contributed by atoms with Gasteiger partial charge in [-0.15, -0.1) is 0 Å². The van der Waals surface area contributed by atoms with E-state index in [-0.39, 0.29) is 11.9 Å². The van der Waals surface area contributed by atoms with Crippen LogP contribution in [-0.4, -0.2) is 32.5 Å². The van der Waals surface area contributed by atoms with E-state index in [2.05, 4.69) is 27.3 Å². The van der Waals surface area contributed by atoms with Gasteiger partial charge >= 0.3 is 0 Å². The summed E-state index contributed by atoms with van der Waals surface area (Å²) in [6.45, 7) is 2.81. The minimum atomic E-state index is -0.0401. The van der Waals surface area contributed by atoms with Crippen molar-refractivity contribution in [1.82, 2.24) is 20.1 Å². The topological polar surface area (TPSA) is 61.9 Å². The molecule has 1 amide bonds. The number of carbonyl (C=O) groups is 1. The quantitative estimate of drug-likeness (QED) is 0.916. The third-order valence-corrected chi connectivity index (χ3v) is 3.99. The molecule has 1 aromatic heterocycles. The van der Waals surface area contributed by atoms with Crippen LogP contribution < -0.4 is 0 Å². The van der Waals surface area contributed by atoms with Gasteiger partial charge in [0.05, 0.1) is 6.04 Å². The predicted molar refractivity (Wildman–Crippen MR) is 79.6 cm³/mol. The molecule has 1 aliphatic heterocycles. The second-order valence-corrected chi connectivity index (χ2v) is 5.49. The van der Waals surface area contributed by atoms with Crippen LogP contribution in [0.4, 0.5) is 0 Å². The zero-order chi connectivity index (χ0) is 14.7. The van der Waals surface area contributed by atoms with Gasteiger partial charge in [-0.2, -0.15) is 5.10 Å². The van der Waals surface area contributed by atoms with Crippen LogP contribution >= 0.6 is 0 Å². The summed E-state index contributed by atoms with van der Waals surface area (Å²) in [6.07, 6.45) is 3.36. The molecule has 1 N–H and O–H groups in total. The fourth-order valence-corrected chi connectivity index (χ4v) is 2.73. The average Bonchev–Trinajstić information content (AvgIpc) is 3.14. The summed E-state index contributed by atoms with van der Waals surface area (Å²) in [5.74, 6) is 1.80. The molecule has 1 saturated heterocycles. The van der Waals surface area contributed by atoms with E-state index in [4.69, 9.17) is 0 Å². The lowest BCUT2D eigenvalue weighted by Crippen LogP contribution is -2.28. The first kappa shape index (κ1) is 13.8. The van der Waals surface area contributed by atoms with E-state index in [0.717, 1.165) is 31.6 Å². The molecular weight excluding hydrogens is 264 g/mol. The van der Waals surface area contributed by atoms with Gasteiger partial charge in [0.25, 0.3) is 0 Å². The number of hydrogen-bond donors (Lipinski definition) is 1. The normalized spacial score (nSPS) is 16.4. The van der Waals surface area contributed by atoms with E-state index < -0.39 is 0 Å². The van der Waals surface area contributed by atoms with Gasteiger partial charge in [0.1, 0.15) is 5.82 Å². The molecule has 0 unspecified atom stereocenters. The molecule has 3 rings (SSSR count). The van der Waals surface area contributed by atoms with Gasteiger partial charge in [-0.25, -0.2) is 4.98 Å². The Kier molecular flexibility index (Phi) is 3.99. The van der Waals surface area contributed by atoms with Gasteiger partial charge in [-0.3, -0.25) is 9.89 Å². The summed E-state index contributed by atoms with van der Waals surface area (Å²) in [5.41, 5.74) is 1.29. The Hall–Kier alpha value is -2.17. The Labute approximate surface area is 124 Å². The maximum Gasteiger partial charge on any atom is 0.223 e. The van der Waals surface area contributed by atoms with Gasteiger partial charge < -0.3 is 4.90 Å². The number of nitrogens with one attached hydrogen (secondary N) is 1. The fourth-order valence-electron chi connectivity index (χ4n) is 2.73. The van der Waals surface area contributed by atoms with Gasteiger partial charge in [0, 0.05) is 19.4 Å². The smallest absolute Gasteiger partial charge is 0.223 e. The predicted octanol–water partition coefficient (Wildman–Crippen LogP) is 2.27. The second-order valence-electron chi connectivity index (χ2n) is 5.49. The van der Waals surface area contributed by atoms with Crippen molar-refractivity contribution in [2.75, 3.05) is 6.54 Å². The third kappa shape index (κ3) is 3.12. The molecule has 0 radical (unpaired) electrons. The Balaban J connectivity index is 1.62. The molecule has 5 nitrogen and oxygen atoms in total. The molecule has 1 aromatic carbocycles. The number of benzene rings is 1. The third-order valence-electron chi connectivity index (χ3n) is 3.99. The van der Waals surface area contributed by atoms with Gasteiger partial charge in [-0.05, 0) is 25.3 Å². The molecule has 2 aromatic rings. The fraction of sp³-hybridized carbons (Fsp3) is 0.438. The monoisotopic (exact) mass is 284 g/mol. The molecule has 0 aliphatic carbocycles. The number of likely N-dealkylation sites (tertiary alicyclic amines) is 1. The van der Waals surface area contributed by atoms with Crippen LogP contribution in [0, 0.1) is 0 Å². The minimum absolute atomic E-state index is 0.0401. The summed E-state index contributed by atoms with van der Waals surface area (Å²) in [6, 6.07) is 10.3. The summed E-state index contributed by atoms with van der Waals surface area (Å²) in [7, 11) is 0. The first-order valence-electron chi connectivity index (χ1n) is 7.48. The number of hydrogen-bond acceptors (Lipinski definition) is 3. The molecule has 2 heterocycles. The summed E-state index contributed by atoms with van der Waals surface area (Å²) < 4.78 is 0. The maximum atomic E-state index is 11.8. The van der Waals surface area contributed by atoms with E-state index in [0.29, 0.717) is 12.2 Å². The van der Waals surface area contributed by atoms with Gasteiger partial charge in [0.2, 0.25) is 5.91 Å². The molecule has 1 aliphatic rings. The van der Waals surface area contributed by atoms with E-state index in [1.54, 1.807) is 0 Å². The van der Waals surface area contributed by atoms with E-state index in [1.807, 2.05) is 30.0 Å². The highest BCUT2D eigenvalue weighted by molar-refractivity contribution is 5.78. The highest BCUT2D eigenvalue weighted by Crippen LogP contribution is 2.23. The van der Waals surface area contributed by atoms with Crippen molar-refractivity contribution in [2.24, 2.45) is 0 Å². The molecule has 1 atom stereocenters. The molecule has 1 fully saturated rings. The van der Waals surface area contributed by atoms with Crippen LogP contribution in [0.1, 0.15) is 43.0 Å². The number of nitrogens with zero attached hydrogens (tertiary/aromatic N) is 3.